The summed E-state index contributed by atoms with van der Waals surface area (Å²) in [5.74, 6) is 1.05. The number of hydrogen-bond donors (Lipinski definition) is 1. The highest BCUT2D eigenvalue weighted by Gasteiger charge is 2.22. The summed E-state index contributed by atoms with van der Waals surface area (Å²) in [4.78, 5) is 0. The van der Waals surface area contributed by atoms with Gasteiger partial charge in [0.2, 0.25) is 0 Å². The van der Waals surface area contributed by atoms with Gasteiger partial charge in [-0.3, -0.25) is 0 Å². The fourth-order valence-electron chi connectivity index (χ4n) is 2.53. The topological polar surface area (TPSA) is 12.0 Å². The van der Waals surface area contributed by atoms with Crippen molar-refractivity contribution in [3.05, 3.63) is 35.4 Å². The van der Waals surface area contributed by atoms with E-state index in [2.05, 4.69) is 43.4 Å². The summed E-state index contributed by atoms with van der Waals surface area (Å²) in [5.41, 5.74) is 2.85. The van der Waals surface area contributed by atoms with Gasteiger partial charge in [-0.25, -0.2) is 0 Å². The fourth-order valence-corrected chi connectivity index (χ4v) is 2.53. The molecule has 1 saturated carbocycles. The molecule has 94 valence electrons. The molecule has 1 heteroatoms. The zero-order valence-electron chi connectivity index (χ0n) is 11.2. The van der Waals surface area contributed by atoms with Gasteiger partial charge >= 0.3 is 0 Å². The van der Waals surface area contributed by atoms with E-state index in [9.17, 15) is 0 Å². The van der Waals surface area contributed by atoms with Crippen molar-refractivity contribution in [1.29, 1.82) is 0 Å². The molecule has 1 aromatic rings. The average Bonchev–Trinajstić information content (AvgIpc) is 3.10. The van der Waals surface area contributed by atoms with E-state index < -0.39 is 0 Å². The molecule has 1 N–H and O–H groups in total. The van der Waals surface area contributed by atoms with Crippen molar-refractivity contribution in [3.63, 3.8) is 0 Å². The Kier molecular flexibility index (Phi) is 4.61. The van der Waals surface area contributed by atoms with E-state index in [1.54, 1.807) is 0 Å². The summed E-state index contributed by atoms with van der Waals surface area (Å²) in [6.07, 6.45) is 6.89. The minimum absolute atomic E-state index is 0.669. The summed E-state index contributed by atoms with van der Waals surface area (Å²) in [6.45, 7) is 5.47. The summed E-state index contributed by atoms with van der Waals surface area (Å²) in [7, 11) is 0. The van der Waals surface area contributed by atoms with Gasteiger partial charge in [0.05, 0.1) is 0 Å². The number of rotatable bonds is 7. The van der Waals surface area contributed by atoms with Gasteiger partial charge in [0, 0.05) is 6.04 Å². The molecule has 0 radical (unpaired) electrons. The molecule has 2 rings (SSSR count). The molecule has 0 amide bonds. The summed E-state index contributed by atoms with van der Waals surface area (Å²) < 4.78 is 0. The minimum Gasteiger partial charge on any atom is -0.314 e. The first-order valence-corrected chi connectivity index (χ1v) is 7.07. The van der Waals surface area contributed by atoms with Crippen LogP contribution in [0.5, 0.6) is 0 Å². The minimum atomic E-state index is 0.669. The number of benzene rings is 1. The first-order chi connectivity index (χ1) is 8.28. The van der Waals surface area contributed by atoms with Crippen molar-refractivity contribution >= 4 is 0 Å². The molecule has 1 nitrogen and oxygen atoms in total. The zero-order chi connectivity index (χ0) is 12.1. The van der Waals surface area contributed by atoms with Crippen molar-refractivity contribution in [2.75, 3.05) is 6.54 Å². The third-order valence-electron chi connectivity index (χ3n) is 3.68. The van der Waals surface area contributed by atoms with Crippen LogP contribution in [0.2, 0.25) is 0 Å². The lowest BCUT2D eigenvalue weighted by Crippen LogP contribution is -2.31. The molecular formula is C16H25N. The Morgan fingerprint density at radius 1 is 1.35 bits per heavy atom. The van der Waals surface area contributed by atoms with Gasteiger partial charge in [-0.1, -0.05) is 49.6 Å². The molecule has 1 fully saturated rings. The van der Waals surface area contributed by atoms with Gasteiger partial charge in [-0.2, -0.15) is 0 Å². The third kappa shape index (κ3) is 4.51. The second-order valence-corrected chi connectivity index (χ2v) is 5.47. The van der Waals surface area contributed by atoms with Crippen LogP contribution in [0.15, 0.2) is 24.3 Å². The molecule has 1 atom stereocenters. The Labute approximate surface area is 106 Å². The maximum Gasteiger partial charge on any atom is 0.0107 e. The molecule has 1 aromatic carbocycles. The first-order valence-electron chi connectivity index (χ1n) is 7.07. The second-order valence-electron chi connectivity index (χ2n) is 5.47. The standard InChI is InChI=1S/C16H25N/c1-3-17-16(10-9-14-7-8-14)12-15-6-4-5-13(2)11-15/h4-6,11,14,16-17H,3,7-10,12H2,1-2H3. The van der Waals surface area contributed by atoms with Crippen molar-refractivity contribution < 1.29 is 0 Å². The van der Waals surface area contributed by atoms with Gasteiger partial charge in [0.25, 0.3) is 0 Å². The molecule has 1 aliphatic carbocycles. The predicted molar refractivity (Wildman–Crippen MR) is 74.3 cm³/mol. The second kappa shape index (κ2) is 6.20. The Balaban J connectivity index is 1.86. The van der Waals surface area contributed by atoms with E-state index in [0.29, 0.717) is 6.04 Å². The molecule has 0 aliphatic heterocycles. The monoisotopic (exact) mass is 231 g/mol. The molecule has 17 heavy (non-hydrogen) atoms. The van der Waals surface area contributed by atoms with Gasteiger partial charge in [0.15, 0.2) is 0 Å². The maximum atomic E-state index is 3.63. The van der Waals surface area contributed by atoms with E-state index in [4.69, 9.17) is 0 Å². The molecular weight excluding hydrogens is 206 g/mol. The first kappa shape index (κ1) is 12.6. The molecule has 0 bridgehead atoms. The van der Waals surface area contributed by atoms with Gasteiger partial charge in [0.1, 0.15) is 0 Å². The lowest BCUT2D eigenvalue weighted by Gasteiger charge is -2.18. The molecule has 0 heterocycles. The van der Waals surface area contributed by atoms with Crippen molar-refractivity contribution in [2.24, 2.45) is 5.92 Å². The van der Waals surface area contributed by atoms with Crippen molar-refractivity contribution in [3.8, 4) is 0 Å². The number of nitrogens with one attached hydrogen (secondary N) is 1. The number of hydrogen-bond acceptors (Lipinski definition) is 1. The van der Waals surface area contributed by atoms with Crippen LogP contribution < -0.4 is 5.32 Å². The molecule has 1 aliphatic rings. The van der Waals surface area contributed by atoms with Crippen LogP contribution in [0.25, 0.3) is 0 Å². The summed E-state index contributed by atoms with van der Waals surface area (Å²) >= 11 is 0. The normalized spacial score (nSPS) is 17.1. The van der Waals surface area contributed by atoms with Gasteiger partial charge in [-0.05, 0) is 44.2 Å². The van der Waals surface area contributed by atoms with E-state index in [1.807, 2.05) is 0 Å². The largest absolute Gasteiger partial charge is 0.314 e. The van der Waals surface area contributed by atoms with Crippen LogP contribution in [0.3, 0.4) is 0 Å². The molecule has 0 spiro atoms. The quantitative estimate of drug-likeness (QED) is 0.754. The summed E-state index contributed by atoms with van der Waals surface area (Å²) in [6, 6.07) is 9.60. The van der Waals surface area contributed by atoms with Crippen molar-refractivity contribution in [1.82, 2.24) is 5.32 Å². The highest BCUT2D eigenvalue weighted by atomic mass is 14.9. The lowest BCUT2D eigenvalue weighted by atomic mass is 9.99. The van der Waals surface area contributed by atoms with Crippen LogP contribution in [-0.2, 0) is 6.42 Å². The smallest absolute Gasteiger partial charge is 0.0107 e. The van der Waals surface area contributed by atoms with E-state index in [-0.39, 0.29) is 0 Å². The van der Waals surface area contributed by atoms with Crippen LogP contribution in [0.1, 0.15) is 43.7 Å². The van der Waals surface area contributed by atoms with Gasteiger partial charge in [-0.15, -0.1) is 0 Å². The van der Waals surface area contributed by atoms with E-state index >= 15 is 0 Å². The predicted octanol–water partition coefficient (Wildman–Crippen LogP) is 3.71. The van der Waals surface area contributed by atoms with Crippen LogP contribution in [0, 0.1) is 12.8 Å². The Morgan fingerprint density at radius 2 is 2.18 bits per heavy atom. The highest BCUT2D eigenvalue weighted by molar-refractivity contribution is 5.23. The van der Waals surface area contributed by atoms with E-state index in [0.717, 1.165) is 12.5 Å². The van der Waals surface area contributed by atoms with Crippen LogP contribution >= 0.6 is 0 Å². The van der Waals surface area contributed by atoms with Crippen molar-refractivity contribution in [2.45, 2.75) is 52.0 Å². The Bertz CT molecular complexity index is 341. The summed E-state index contributed by atoms with van der Waals surface area (Å²) in [5, 5.41) is 3.63. The lowest BCUT2D eigenvalue weighted by molar-refractivity contribution is 0.462. The van der Waals surface area contributed by atoms with Crippen LogP contribution in [-0.4, -0.2) is 12.6 Å². The fraction of sp³-hybridized carbons (Fsp3) is 0.625. The Hall–Kier alpha value is -0.820. The third-order valence-corrected chi connectivity index (χ3v) is 3.68. The highest BCUT2D eigenvalue weighted by Crippen LogP contribution is 2.34. The van der Waals surface area contributed by atoms with E-state index in [1.165, 1.54) is 43.2 Å². The molecule has 0 aromatic heterocycles. The SMILES string of the molecule is CCNC(CCC1CC1)Cc1cccc(C)c1. The van der Waals surface area contributed by atoms with Crippen LogP contribution in [0.4, 0.5) is 0 Å². The Morgan fingerprint density at radius 3 is 2.82 bits per heavy atom. The number of aryl methyl sites for hydroxylation is 1. The molecule has 1 unspecified atom stereocenters. The number of likely N-dealkylation sites (N-methyl/N-ethyl adjacent to an activating group) is 1. The zero-order valence-corrected chi connectivity index (χ0v) is 11.2. The maximum absolute atomic E-state index is 3.63. The molecule has 0 saturated heterocycles. The van der Waals surface area contributed by atoms with Gasteiger partial charge < -0.3 is 5.32 Å². The average molecular weight is 231 g/mol.